The van der Waals surface area contributed by atoms with Gasteiger partial charge < -0.3 is 11.1 Å². The SMILES string of the molecule is Cl.Nc1cc(Nc2nccc3nn(-c4c(F)cccc4Cl)cc23)ncn1. The second kappa shape index (κ2) is 7.11. The second-order valence-corrected chi connectivity index (χ2v) is 5.60. The first-order valence-corrected chi connectivity index (χ1v) is 7.63. The highest BCUT2D eigenvalue weighted by Gasteiger charge is 2.14. The van der Waals surface area contributed by atoms with Crippen LogP contribution in [0.2, 0.25) is 5.02 Å². The van der Waals surface area contributed by atoms with Crippen LogP contribution in [0, 0.1) is 5.82 Å². The minimum atomic E-state index is -0.466. The number of hydrogen-bond donors (Lipinski definition) is 2. The minimum Gasteiger partial charge on any atom is -0.384 e. The molecule has 3 N–H and O–H groups in total. The Morgan fingerprint density at radius 2 is 2.00 bits per heavy atom. The number of hydrogen-bond acceptors (Lipinski definition) is 6. The van der Waals surface area contributed by atoms with Crippen molar-refractivity contribution in [1.82, 2.24) is 24.7 Å². The summed E-state index contributed by atoms with van der Waals surface area (Å²) in [6, 6.07) is 7.78. The molecule has 0 unspecified atom stereocenters. The van der Waals surface area contributed by atoms with Crippen molar-refractivity contribution in [2.24, 2.45) is 0 Å². The Balaban J connectivity index is 0.00000196. The molecule has 0 radical (unpaired) electrons. The van der Waals surface area contributed by atoms with E-state index in [4.69, 9.17) is 17.3 Å². The molecule has 132 valence electrons. The maximum atomic E-state index is 14.1. The van der Waals surface area contributed by atoms with E-state index in [0.717, 1.165) is 0 Å². The van der Waals surface area contributed by atoms with Gasteiger partial charge in [0.15, 0.2) is 0 Å². The van der Waals surface area contributed by atoms with Gasteiger partial charge in [0.25, 0.3) is 0 Å². The summed E-state index contributed by atoms with van der Waals surface area (Å²) < 4.78 is 15.5. The lowest BCUT2D eigenvalue weighted by atomic mass is 10.3. The Bertz CT molecular complexity index is 1060. The van der Waals surface area contributed by atoms with Gasteiger partial charge in [-0.3, -0.25) is 0 Å². The quantitative estimate of drug-likeness (QED) is 0.552. The van der Waals surface area contributed by atoms with E-state index in [2.05, 4.69) is 25.4 Å². The van der Waals surface area contributed by atoms with Crippen molar-refractivity contribution in [3.8, 4) is 5.69 Å². The standard InChI is InChI=1S/C16H11ClFN7.ClH/c17-10-2-1-3-11(18)15(10)25-7-9-12(24-25)4-5-20-16(9)23-14-6-13(19)21-8-22-14;/h1-8H,(H3,19,20,21,22,23);1H. The number of nitrogens with one attached hydrogen (secondary N) is 1. The van der Waals surface area contributed by atoms with E-state index in [1.165, 1.54) is 17.1 Å². The number of benzene rings is 1. The minimum absolute atomic E-state index is 0. The van der Waals surface area contributed by atoms with Crippen molar-refractivity contribution in [3.63, 3.8) is 0 Å². The Morgan fingerprint density at radius 3 is 2.77 bits per heavy atom. The van der Waals surface area contributed by atoms with Crippen molar-refractivity contribution in [2.45, 2.75) is 0 Å². The average Bonchev–Trinajstić information content (AvgIpc) is 2.99. The number of halogens is 3. The van der Waals surface area contributed by atoms with Crippen LogP contribution in [0.5, 0.6) is 0 Å². The van der Waals surface area contributed by atoms with Gasteiger partial charge in [0.1, 0.15) is 35.3 Å². The first-order chi connectivity index (χ1) is 12.1. The van der Waals surface area contributed by atoms with Crippen LogP contribution in [0.15, 0.2) is 49.1 Å². The van der Waals surface area contributed by atoms with Gasteiger partial charge >= 0.3 is 0 Å². The highest BCUT2D eigenvalue weighted by Crippen LogP contribution is 2.28. The van der Waals surface area contributed by atoms with Crippen molar-refractivity contribution in [2.75, 3.05) is 11.1 Å². The van der Waals surface area contributed by atoms with Gasteiger partial charge in [-0.2, -0.15) is 5.10 Å². The number of nitrogen functional groups attached to an aromatic ring is 1. The largest absolute Gasteiger partial charge is 0.384 e. The van der Waals surface area contributed by atoms with Gasteiger partial charge in [0, 0.05) is 18.5 Å². The molecule has 3 aromatic heterocycles. The molecule has 4 rings (SSSR count). The van der Waals surface area contributed by atoms with Crippen LogP contribution >= 0.6 is 24.0 Å². The number of rotatable bonds is 3. The zero-order valence-electron chi connectivity index (χ0n) is 13.1. The van der Waals surface area contributed by atoms with Gasteiger partial charge in [-0.15, -0.1) is 12.4 Å². The van der Waals surface area contributed by atoms with Gasteiger partial charge in [0.2, 0.25) is 0 Å². The molecule has 0 saturated heterocycles. The molecular formula is C16H12Cl2FN7. The zero-order chi connectivity index (χ0) is 17.4. The summed E-state index contributed by atoms with van der Waals surface area (Å²) in [6.45, 7) is 0. The summed E-state index contributed by atoms with van der Waals surface area (Å²) >= 11 is 6.12. The normalized spacial score (nSPS) is 10.5. The molecule has 0 saturated carbocycles. The summed E-state index contributed by atoms with van der Waals surface area (Å²) in [5, 5.41) is 8.38. The van der Waals surface area contributed by atoms with E-state index < -0.39 is 5.82 Å². The van der Waals surface area contributed by atoms with Crippen LogP contribution in [0.1, 0.15) is 0 Å². The van der Waals surface area contributed by atoms with Crippen molar-refractivity contribution >= 4 is 52.4 Å². The number of nitrogens with two attached hydrogens (primary N) is 1. The third-order valence-electron chi connectivity index (χ3n) is 3.54. The van der Waals surface area contributed by atoms with Crippen molar-refractivity contribution in [1.29, 1.82) is 0 Å². The van der Waals surface area contributed by atoms with Crippen LogP contribution in [-0.2, 0) is 0 Å². The van der Waals surface area contributed by atoms with E-state index in [9.17, 15) is 4.39 Å². The summed E-state index contributed by atoms with van der Waals surface area (Å²) in [7, 11) is 0. The molecule has 0 spiro atoms. The highest BCUT2D eigenvalue weighted by atomic mass is 35.5. The Kier molecular flexibility index (Phi) is 4.88. The molecule has 3 heterocycles. The molecule has 0 fully saturated rings. The number of fused-ring (bicyclic) bond motifs is 1. The van der Waals surface area contributed by atoms with Gasteiger partial charge in [-0.1, -0.05) is 17.7 Å². The highest BCUT2D eigenvalue weighted by molar-refractivity contribution is 6.32. The zero-order valence-corrected chi connectivity index (χ0v) is 14.7. The molecule has 0 aliphatic carbocycles. The Hall–Kier alpha value is -2.97. The second-order valence-electron chi connectivity index (χ2n) is 5.19. The van der Waals surface area contributed by atoms with E-state index in [-0.39, 0.29) is 23.1 Å². The lowest BCUT2D eigenvalue weighted by Crippen LogP contribution is -1.99. The van der Waals surface area contributed by atoms with E-state index in [1.54, 1.807) is 36.7 Å². The third-order valence-corrected chi connectivity index (χ3v) is 3.84. The fourth-order valence-corrected chi connectivity index (χ4v) is 2.68. The van der Waals surface area contributed by atoms with Gasteiger partial charge in [-0.25, -0.2) is 24.0 Å². The molecule has 26 heavy (non-hydrogen) atoms. The van der Waals surface area contributed by atoms with Gasteiger partial charge in [-0.05, 0) is 18.2 Å². The van der Waals surface area contributed by atoms with E-state index in [0.29, 0.717) is 28.4 Å². The number of aromatic nitrogens is 5. The van der Waals surface area contributed by atoms with E-state index >= 15 is 0 Å². The molecule has 0 aliphatic rings. The number of para-hydroxylation sites is 1. The molecule has 0 bridgehead atoms. The van der Waals surface area contributed by atoms with Crippen LogP contribution < -0.4 is 11.1 Å². The molecule has 10 heteroatoms. The lowest BCUT2D eigenvalue weighted by molar-refractivity contribution is 0.612. The topological polar surface area (TPSA) is 94.5 Å². The Morgan fingerprint density at radius 1 is 1.15 bits per heavy atom. The Labute approximate surface area is 158 Å². The maximum Gasteiger partial charge on any atom is 0.150 e. The number of pyridine rings is 1. The monoisotopic (exact) mass is 391 g/mol. The van der Waals surface area contributed by atoms with Crippen LogP contribution in [0.25, 0.3) is 16.6 Å². The van der Waals surface area contributed by atoms with Crippen molar-refractivity contribution in [3.05, 3.63) is 59.9 Å². The average molecular weight is 392 g/mol. The fraction of sp³-hybridized carbons (Fsp3) is 0. The molecule has 4 aromatic rings. The first kappa shape index (κ1) is 17.8. The van der Waals surface area contributed by atoms with Crippen molar-refractivity contribution < 1.29 is 4.39 Å². The predicted molar refractivity (Wildman–Crippen MR) is 101 cm³/mol. The van der Waals surface area contributed by atoms with Gasteiger partial charge in [0.05, 0.1) is 15.9 Å². The van der Waals surface area contributed by atoms with E-state index in [1.807, 2.05) is 0 Å². The van der Waals surface area contributed by atoms with Crippen LogP contribution in [-0.4, -0.2) is 24.7 Å². The summed E-state index contributed by atoms with van der Waals surface area (Å²) in [5.74, 6) is 0.864. The smallest absolute Gasteiger partial charge is 0.150 e. The number of nitrogens with zero attached hydrogens (tertiary/aromatic N) is 5. The predicted octanol–water partition coefficient (Wildman–Crippen LogP) is 3.75. The van der Waals surface area contributed by atoms with Crippen LogP contribution in [0.3, 0.4) is 0 Å². The third kappa shape index (κ3) is 3.24. The summed E-state index contributed by atoms with van der Waals surface area (Å²) in [5.41, 5.74) is 6.46. The van der Waals surface area contributed by atoms with Crippen LogP contribution in [0.4, 0.5) is 21.8 Å². The molecular weight excluding hydrogens is 380 g/mol. The first-order valence-electron chi connectivity index (χ1n) is 7.25. The molecule has 0 atom stereocenters. The molecule has 0 aliphatic heterocycles. The summed E-state index contributed by atoms with van der Waals surface area (Å²) in [4.78, 5) is 12.2. The summed E-state index contributed by atoms with van der Waals surface area (Å²) in [6.07, 6.45) is 4.59. The fourth-order valence-electron chi connectivity index (χ4n) is 2.43. The maximum absolute atomic E-state index is 14.1. The molecule has 7 nitrogen and oxygen atoms in total. The molecule has 0 amide bonds. The molecule has 1 aromatic carbocycles. The lowest BCUT2D eigenvalue weighted by Gasteiger charge is -2.05. The number of anilines is 3.